The summed E-state index contributed by atoms with van der Waals surface area (Å²) in [7, 11) is 0. The summed E-state index contributed by atoms with van der Waals surface area (Å²) in [5.41, 5.74) is 0.156. The van der Waals surface area contributed by atoms with Gasteiger partial charge in [-0.25, -0.2) is 4.98 Å². The third-order valence-electron chi connectivity index (χ3n) is 4.07. The Kier molecular flexibility index (Phi) is 5.20. The molecule has 0 unspecified atom stereocenters. The Bertz CT molecular complexity index is 318. The maximum Gasteiger partial charge on any atom is 0.106 e. The number of H-pyrrole nitrogens is 1. The first-order valence-corrected chi connectivity index (χ1v) is 7.14. The lowest BCUT2D eigenvalue weighted by Gasteiger charge is -2.35. The first-order valence-electron chi connectivity index (χ1n) is 7.14. The van der Waals surface area contributed by atoms with E-state index < -0.39 is 0 Å². The molecule has 0 radical (unpaired) electrons. The van der Waals surface area contributed by atoms with Gasteiger partial charge < -0.3 is 15.4 Å². The lowest BCUT2D eigenvalue weighted by molar-refractivity contribution is 0.0815. The molecule has 1 fully saturated rings. The Labute approximate surface area is 109 Å². The van der Waals surface area contributed by atoms with E-state index in [9.17, 15) is 5.11 Å². The zero-order valence-electron chi connectivity index (χ0n) is 11.1. The highest BCUT2D eigenvalue weighted by molar-refractivity contribution is 4.87. The smallest absolute Gasteiger partial charge is 0.106 e. The van der Waals surface area contributed by atoms with Gasteiger partial charge in [0.05, 0.1) is 0 Å². The minimum Gasteiger partial charge on any atom is -0.396 e. The van der Waals surface area contributed by atoms with E-state index in [1.165, 1.54) is 32.1 Å². The highest BCUT2D eigenvalue weighted by atomic mass is 16.3. The zero-order valence-corrected chi connectivity index (χ0v) is 11.1. The fraction of sp³-hybridized carbons (Fsp3) is 0.786. The average molecular weight is 251 g/mol. The normalized spacial score (nSPS) is 18.9. The van der Waals surface area contributed by atoms with Crippen LogP contribution in [0.1, 0.15) is 44.3 Å². The van der Waals surface area contributed by atoms with Crippen molar-refractivity contribution in [3.05, 3.63) is 18.2 Å². The number of aromatic amines is 1. The first-order chi connectivity index (χ1) is 8.85. The molecule has 1 aliphatic carbocycles. The second-order valence-corrected chi connectivity index (χ2v) is 5.53. The molecule has 1 aliphatic rings. The fourth-order valence-corrected chi connectivity index (χ4v) is 2.86. The van der Waals surface area contributed by atoms with Gasteiger partial charge in [-0.3, -0.25) is 0 Å². The Hall–Kier alpha value is -0.870. The molecular formula is C14H25N3O. The molecule has 1 saturated carbocycles. The van der Waals surface area contributed by atoms with Crippen LogP contribution in [0.25, 0.3) is 0 Å². The predicted molar refractivity (Wildman–Crippen MR) is 72.4 cm³/mol. The van der Waals surface area contributed by atoms with Crippen LogP contribution >= 0.6 is 0 Å². The molecular weight excluding hydrogens is 226 g/mol. The average Bonchev–Trinajstić information content (AvgIpc) is 2.93. The molecule has 0 aliphatic heterocycles. The molecule has 1 aromatic heterocycles. The van der Waals surface area contributed by atoms with Crippen LogP contribution in [0.4, 0.5) is 0 Å². The number of nitrogens with one attached hydrogen (secondary N) is 2. The number of aliphatic hydroxyl groups is 1. The predicted octanol–water partition coefficient (Wildman–Crippen LogP) is 1.87. The summed E-state index contributed by atoms with van der Waals surface area (Å²) >= 11 is 0. The van der Waals surface area contributed by atoms with Gasteiger partial charge in [-0.1, -0.05) is 19.3 Å². The van der Waals surface area contributed by atoms with Crippen molar-refractivity contribution in [2.75, 3.05) is 19.7 Å². The van der Waals surface area contributed by atoms with Crippen molar-refractivity contribution in [2.24, 2.45) is 5.41 Å². The lowest BCUT2D eigenvalue weighted by atomic mass is 9.74. The standard InChI is InChI=1S/C14H25N3O/c18-12-14(6-2-1-3-7-14)11-15-8-4-5-13-16-9-10-17-13/h9-10,15,18H,1-8,11-12H2,(H,16,17). The lowest BCUT2D eigenvalue weighted by Crippen LogP contribution is -2.39. The second-order valence-electron chi connectivity index (χ2n) is 5.53. The highest BCUT2D eigenvalue weighted by Gasteiger charge is 2.30. The number of aryl methyl sites for hydroxylation is 1. The van der Waals surface area contributed by atoms with Crippen molar-refractivity contribution in [2.45, 2.75) is 44.9 Å². The Morgan fingerprint density at radius 3 is 2.83 bits per heavy atom. The van der Waals surface area contributed by atoms with Crippen molar-refractivity contribution in [3.63, 3.8) is 0 Å². The van der Waals surface area contributed by atoms with Gasteiger partial charge in [0.25, 0.3) is 0 Å². The van der Waals surface area contributed by atoms with Crippen LogP contribution in [0.5, 0.6) is 0 Å². The van der Waals surface area contributed by atoms with Crippen molar-refractivity contribution in [3.8, 4) is 0 Å². The molecule has 0 saturated heterocycles. The van der Waals surface area contributed by atoms with Crippen molar-refractivity contribution in [1.82, 2.24) is 15.3 Å². The number of imidazole rings is 1. The van der Waals surface area contributed by atoms with E-state index in [0.717, 1.165) is 31.8 Å². The van der Waals surface area contributed by atoms with Gasteiger partial charge in [0.2, 0.25) is 0 Å². The van der Waals surface area contributed by atoms with E-state index in [-0.39, 0.29) is 5.41 Å². The van der Waals surface area contributed by atoms with Crippen molar-refractivity contribution >= 4 is 0 Å². The number of rotatable bonds is 7. The summed E-state index contributed by atoms with van der Waals surface area (Å²) in [5.74, 6) is 1.06. The van der Waals surface area contributed by atoms with E-state index in [1.807, 2.05) is 6.20 Å². The van der Waals surface area contributed by atoms with Gasteiger partial charge in [0.15, 0.2) is 0 Å². The largest absolute Gasteiger partial charge is 0.396 e. The van der Waals surface area contributed by atoms with Crippen LogP contribution in [0, 0.1) is 5.41 Å². The maximum absolute atomic E-state index is 9.59. The maximum atomic E-state index is 9.59. The molecule has 18 heavy (non-hydrogen) atoms. The molecule has 2 rings (SSSR count). The molecule has 0 spiro atoms. The van der Waals surface area contributed by atoms with E-state index >= 15 is 0 Å². The van der Waals surface area contributed by atoms with Crippen LogP contribution in [0.15, 0.2) is 12.4 Å². The minimum absolute atomic E-state index is 0.156. The Morgan fingerprint density at radius 2 is 2.17 bits per heavy atom. The molecule has 102 valence electrons. The van der Waals surface area contributed by atoms with Crippen molar-refractivity contribution < 1.29 is 5.11 Å². The number of nitrogens with zero attached hydrogens (tertiary/aromatic N) is 1. The van der Waals surface area contributed by atoms with Gasteiger partial charge in [-0.2, -0.15) is 0 Å². The molecule has 3 N–H and O–H groups in total. The minimum atomic E-state index is 0.156. The van der Waals surface area contributed by atoms with Gasteiger partial charge in [0.1, 0.15) is 5.82 Å². The summed E-state index contributed by atoms with van der Waals surface area (Å²) in [6, 6.07) is 0. The quantitative estimate of drug-likeness (QED) is 0.648. The van der Waals surface area contributed by atoms with E-state index in [1.54, 1.807) is 6.20 Å². The van der Waals surface area contributed by atoms with Gasteiger partial charge in [-0.15, -0.1) is 0 Å². The number of hydrogen-bond donors (Lipinski definition) is 3. The van der Waals surface area contributed by atoms with Gasteiger partial charge in [-0.05, 0) is 25.8 Å². The van der Waals surface area contributed by atoms with E-state index in [2.05, 4.69) is 15.3 Å². The fourth-order valence-electron chi connectivity index (χ4n) is 2.86. The molecule has 0 atom stereocenters. The molecule has 1 aromatic rings. The molecule has 4 nitrogen and oxygen atoms in total. The summed E-state index contributed by atoms with van der Waals surface area (Å²) in [6.45, 7) is 2.29. The second kappa shape index (κ2) is 6.90. The topological polar surface area (TPSA) is 60.9 Å². The Balaban J connectivity index is 1.61. The van der Waals surface area contributed by atoms with Crippen molar-refractivity contribution in [1.29, 1.82) is 0 Å². The monoisotopic (exact) mass is 251 g/mol. The zero-order chi connectivity index (χ0) is 12.7. The third kappa shape index (κ3) is 3.82. The summed E-state index contributed by atoms with van der Waals surface area (Å²) in [4.78, 5) is 7.33. The first kappa shape index (κ1) is 13.6. The van der Waals surface area contributed by atoms with Crippen LogP contribution in [-0.2, 0) is 6.42 Å². The van der Waals surface area contributed by atoms with Crippen LogP contribution in [0.2, 0.25) is 0 Å². The van der Waals surface area contributed by atoms with Crippen LogP contribution in [-0.4, -0.2) is 34.8 Å². The molecule has 1 heterocycles. The molecule has 4 heteroatoms. The van der Waals surface area contributed by atoms with E-state index in [0.29, 0.717) is 6.61 Å². The molecule has 0 bridgehead atoms. The summed E-state index contributed by atoms with van der Waals surface area (Å²) in [6.07, 6.45) is 12.0. The summed E-state index contributed by atoms with van der Waals surface area (Å²) < 4.78 is 0. The summed E-state index contributed by atoms with van der Waals surface area (Å²) in [5, 5.41) is 13.1. The van der Waals surface area contributed by atoms with Gasteiger partial charge >= 0.3 is 0 Å². The third-order valence-corrected chi connectivity index (χ3v) is 4.07. The highest BCUT2D eigenvalue weighted by Crippen LogP contribution is 2.35. The number of hydrogen-bond acceptors (Lipinski definition) is 3. The number of aliphatic hydroxyl groups excluding tert-OH is 1. The van der Waals surface area contributed by atoms with Crippen LogP contribution in [0.3, 0.4) is 0 Å². The molecule has 0 amide bonds. The van der Waals surface area contributed by atoms with Gasteiger partial charge in [0, 0.05) is 37.4 Å². The SMILES string of the molecule is OCC1(CNCCCc2ncc[nH]2)CCCCC1. The number of aromatic nitrogens is 2. The van der Waals surface area contributed by atoms with E-state index in [4.69, 9.17) is 0 Å². The Morgan fingerprint density at radius 1 is 1.33 bits per heavy atom. The molecule has 0 aromatic carbocycles. The van der Waals surface area contributed by atoms with Crippen LogP contribution < -0.4 is 5.32 Å².